The van der Waals surface area contributed by atoms with Gasteiger partial charge in [0.25, 0.3) is 0 Å². The summed E-state index contributed by atoms with van der Waals surface area (Å²) in [4.78, 5) is 19.4. The number of aromatic nitrogens is 3. The average molecular weight is 608 g/mol. The van der Waals surface area contributed by atoms with E-state index < -0.39 is 0 Å². The maximum Gasteiger partial charge on any atom is 0.0544 e. The van der Waals surface area contributed by atoms with Crippen molar-refractivity contribution in [2.24, 2.45) is 0 Å². The van der Waals surface area contributed by atoms with E-state index in [-0.39, 0.29) is 0 Å². The number of hydrogen-bond acceptors (Lipinski definition) is 6. The van der Waals surface area contributed by atoms with Crippen LogP contribution in [0.5, 0.6) is 0 Å². The van der Waals surface area contributed by atoms with E-state index in [1.807, 2.05) is 122 Å². The van der Waals surface area contributed by atoms with Gasteiger partial charge < -0.3 is 0 Å². The zero-order valence-electron chi connectivity index (χ0n) is 29.3. The van der Waals surface area contributed by atoms with Gasteiger partial charge in [0.05, 0.1) is 17.1 Å². The molecule has 0 amide bonds. The Morgan fingerprint density at radius 1 is 0.488 bits per heavy atom. The Kier molecular flexibility index (Phi) is 28.6. The Balaban J connectivity index is 0. The van der Waals surface area contributed by atoms with E-state index in [9.17, 15) is 0 Å². The van der Waals surface area contributed by atoms with Crippen LogP contribution in [-0.2, 0) is 26.2 Å². The molecule has 0 aliphatic carbocycles. The zero-order valence-corrected chi connectivity index (χ0v) is 30.1. The maximum atomic E-state index is 4.39. The lowest BCUT2D eigenvalue weighted by molar-refractivity contribution is 0.199. The SMILES string of the molecule is CC.CC.CC.CC.CC(C)N(Cc1ccccn1)Cc1ccccn1.CC(C)N(Cc1ccccn1)Cc1cccs1. The van der Waals surface area contributed by atoms with E-state index in [0.717, 1.165) is 43.3 Å². The first kappa shape index (κ1) is 42.2. The molecule has 0 aliphatic heterocycles. The molecule has 0 N–H and O–H groups in total. The van der Waals surface area contributed by atoms with E-state index in [2.05, 4.69) is 88.2 Å². The number of thiophene rings is 1. The van der Waals surface area contributed by atoms with Crippen LogP contribution in [0.2, 0.25) is 0 Å². The lowest BCUT2D eigenvalue weighted by atomic mass is 10.2. The van der Waals surface area contributed by atoms with Crippen LogP contribution < -0.4 is 0 Å². The van der Waals surface area contributed by atoms with Gasteiger partial charge >= 0.3 is 0 Å². The fraction of sp³-hybridized carbons (Fsp3) is 0.486. The first-order valence-electron chi connectivity index (χ1n) is 16.2. The summed E-state index contributed by atoms with van der Waals surface area (Å²) in [7, 11) is 0. The van der Waals surface area contributed by atoms with Crippen LogP contribution in [0.3, 0.4) is 0 Å². The molecular weight excluding hydrogens is 547 g/mol. The standard InChI is InChI=1S/C15H19N3.C14H18N2S.4C2H6/c1-13(2)18(11-14-7-3-5-9-16-14)12-15-8-4-6-10-17-15;1-12(2)16(11-14-7-5-9-17-14)10-13-6-3-4-8-15-13;4*1-2/h3-10,13H,11-12H2,1-2H3;3-9,12H,10-11H2,1-2H3;4*1-2H3. The third kappa shape index (κ3) is 19.8. The van der Waals surface area contributed by atoms with Crippen molar-refractivity contribution >= 4 is 11.3 Å². The third-order valence-corrected chi connectivity index (χ3v) is 6.53. The molecule has 5 nitrogen and oxygen atoms in total. The molecule has 4 rings (SSSR count). The van der Waals surface area contributed by atoms with Gasteiger partial charge in [0.15, 0.2) is 0 Å². The van der Waals surface area contributed by atoms with Crippen molar-refractivity contribution in [2.75, 3.05) is 0 Å². The summed E-state index contributed by atoms with van der Waals surface area (Å²) in [6, 6.07) is 23.5. The minimum Gasteiger partial charge on any atom is -0.290 e. The quantitative estimate of drug-likeness (QED) is 0.179. The molecule has 43 heavy (non-hydrogen) atoms. The average Bonchev–Trinajstić information content (AvgIpc) is 3.59. The molecule has 6 heteroatoms. The van der Waals surface area contributed by atoms with Crippen molar-refractivity contribution in [3.8, 4) is 0 Å². The molecule has 0 atom stereocenters. The summed E-state index contributed by atoms with van der Waals surface area (Å²) in [5.74, 6) is 0. The van der Waals surface area contributed by atoms with E-state index in [0.29, 0.717) is 12.1 Å². The fourth-order valence-electron chi connectivity index (χ4n) is 3.54. The van der Waals surface area contributed by atoms with Crippen molar-refractivity contribution in [3.05, 3.63) is 113 Å². The van der Waals surface area contributed by atoms with E-state index in [1.165, 1.54) is 4.88 Å². The number of hydrogen-bond donors (Lipinski definition) is 0. The van der Waals surface area contributed by atoms with Crippen molar-refractivity contribution in [3.63, 3.8) is 0 Å². The van der Waals surface area contributed by atoms with Crippen LogP contribution in [-0.4, -0.2) is 36.8 Å². The van der Waals surface area contributed by atoms with Gasteiger partial charge in [0.2, 0.25) is 0 Å². The summed E-state index contributed by atoms with van der Waals surface area (Å²) in [6.45, 7) is 28.5. The number of rotatable bonds is 10. The predicted molar refractivity (Wildman–Crippen MR) is 191 cm³/mol. The summed E-state index contributed by atoms with van der Waals surface area (Å²) in [5, 5.41) is 2.13. The van der Waals surface area contributed by atoms with Crippen LogP contribution in [0.1, 0.15) is 105 Å². The molecule has 240 valence electrons. The molecule has 4 aromatic rings. The molecule has 4 aromatic heterocycles. The predicted octanol–water partition coefficient (Wildman–Crippen LogP) is 10.5. The van der Waals surface area contributed by atoms with Crippen LogP contribution in [0.15, 0.2) is 90.7 Å². The first-order valence-corrected chi connectivity index (χ1v) is 17.1. The van der Waals surface area contributed by atoms with Crippen molar-refractivity contribution < 1.29 is 0 Å². The fourth-order valence-corrected chi connectivity index (χ4v) is 4.27. The molecular formula is C37H61N5S. The third-order valence-electron chi connectivity index (χ3n) is 5.67. The van der Waals surface area contributed by atoms with Crippen LogP contribution in [0.4, 0.5) is 0 Å². The smallest absolute Gasteiger partial charge is 0.0544 e. The van der Waals surface area contributed by atoms with Crippen LogP contribution >= 0.6 is 11.3 Å². The second-order valence-corrected chi connectivity index (χ2v) is 10.1. The van der Waals surface area contributed by atoms with Gasteiger partial charge in [-0.25, -0.2) is 0 Å². The van der Waals surface area contributed by atoms with Gasteiger partial charge in [-0.3, -0.25) is 24.8 Å². The van der Waals surface area contributed by atoms with Gasteiger partial charge in [0, 0.05) is 61.7 Å². The maximum absolute atomic E-state index is 4.39. The minimum absolute atomic E-state index is 0.467. The largest absolute Gasteiger partial charge is 0.290 e. The molecule has 0 fully saturated rings. The Labute approximate surface area is 269 Å². The van der Waals surface area contributed by atoms with E-state index in [1.54, 1.807) is 0 Å². The van der Waals surface area contributed by atoms with Crippen LogP contribution in [0.25, 0.3) is 0 Å². The number of pyridine rings is 3. The Morgan fingerprint density at radius 2 is 0.837 bits per heavy atom. The van der Waals surface area contributed by atoms with Crippen LogP contribution in [0, 0.1) is 0 Å². The summed E-state index contributed by atoms with van der Waals surface area (Å²) >= 11 is 1.82. The van der Waals surface area contributed by atoms with Gasteiger partial charge in [-0.1, -0.05) is 79.7 Å². The van der Waals surface area contributed by atoms with Gasteiger partial charge in [-0.05, 0) is 75.5 Å². The lowest BCUT2D eigenvalue weighted by Gasteiger charge is -2.25. The molecule has 0 saturated heterocycles. The number of nitrogens with zero attached hydrogens (tertiary/aromatic N) is 5. The second-order valence-electron chi connectivity index (χ2n) is 9.04. The molecule has 0 aromatic carbocycles. The second kappa shape index (κ2) is 29.2. The van der Waals surface area contributed by atoms with Crippen molar-refractivity contribution in [1.29, 1.82) is 0 Å². The zero-order chi connectivity index (χ0) is 32.9. The molecule has 0 spiro atoms. The first-order chi connectivity index (χ1) is 21.0. The highest BCUT2D eigenvalue weighted by Gasteiger charge is 2.13. The summed E-state index contributed by atoms with van der Waals surface area (Å²) in [6.07, 6.45) is 5.54. The van der Waals surface area contributed by atoms with Crippen molar-refractivity contribution in [2.45, 2.75) is 121 Å². The Morgan fingerprint density at radius 3 is 1.09 bits per heavy atom. The van der Waals surface area contributed by atoms with Gasteiger partial charge in [0.1, 0.15) is 0 Å². The normalized spacial score (nSPS) is 9.67. The Bertz CT molecular complexity index is 1010. The Hall–Kier alpha value is -2.93. The molecule has 4 heterocycles. The molecule has 0 aliphatic rings. The molecule has 0 radical (unpaired) electrons. The minimum atomic E-state index is 0.467. The lowest BCUT2D eigenvalue weighted by Crippen LogP contribution is -2.30. The van der Waals surface area contributed by atoms with E-state index in [4.69, 9.17) is 0 Å². The van der Waals surface area contributed by atoms with Gasteiger partial charge in [-0.15, -0.1) is 11.3 Å². The highest BCUT2D eigenvalue weighted by Crippen LogP contribution is 2.16. The highest BCUT2D eigenvalue weighted by atomic mass is 32.1. The monoisotopic (exact) mass is 607 g/mol. The summed E-state index contributed by atoms with van der Waals surface area (Å²) < 4.78 is 0. The molecule has 0 bridgehead atoms. The van der Waals surface area contributed by atoms with Gasteiger partial charge in [-0.2, -0.15) is 0 Å². The summed E-state index contributed by atoms with van der Waals surface area (Å²) in [5.41, 5.74) is 3.34. The highest BCUT2D eigenvalue weighted by molar-refractivity contribution is 7.09. The van der Waals surface area contributed by atoms with Crippen molar-refractivity contribution in [1.82, 2.24) is 24.8 Å². The van der Waals surface area contributed by atoms with E-state index >= 15 is 0 Å². The topological polar surface area (TPSA) is 45.2 Å². The molecule has 0 saturated carbocycles. The molecule has 0 unspecified atom stereocenters.